The van der Waals surface area contributed by atoms with Gasteiger partial charge in [0, 0.05) is 24.7 Å². The Hall–Kier alpha value is -0.880. The molecule has 1 amide bonds. The third kappa shape index (κ3) is 3.41. The van der Waals surface area contributed by atoms with Crippen LogP contribution in [0.25, 0.3) is 10.2 Å². The van der Waals surface area contributed by atoms with Crippen LogP contribution in [0.4, 0.5) is 0 Å². The molecule has 4 nitrogen and oxygen atoms in total. The molecule has 1 unspecified atom stereocenters. The highest BCUT2D eigenvalue weighted by Gasteiger charge is 2.22. The molecule has 1 aliphatic heterocycles. The molecule has 1 atom stereocenters. The number of rotatable bonds is 1. The Kier molecular flexibility index (Phi) is 6.20. The van der Waals surface area contributed by atoms with E-state index >= 15 is 0 Å². The number of likely N-dealkylation sites (tertiary alicyclic amines) is 1. The number of nitrogens with two attached hydrogens (primary N) is 1. The lowest BCUT2D eigenvalue weighted by Crippen LogP contribution is -2.45. The van der Waals surface area contributed by atoms with Gasteiger partial charge in [-0.3, -0.25) is 4.79 Å². The molecular weight excluding hydrogens is 317 g/mol. The predicted molar refractivity (Wildman–Crippen MR) is 87.2 cm³/mol. The molecule has 0 saturated carbocycles. The van der Waals surface area contributed by atoms with E-state index < -0.39 is 0 Å². The minimum Gasteiger partial charge on any atom is -0.337 e. The van der Waals surface area contributed by atoms with E-state index in [0.29, 0.717) is 6.54 Å². The highest BCUT2D eigenvalue weighted by Crippen LogP contribution is 2.21. The molecule has 0 bridgehead atoms. The highest BCUT2D eigenvalue weighted by atomic mass is 35.5. The van der Waals surface area contributed by atoms with Crippen molar-refractivity contribution in [2.75, 3.05) is 13.1 Å². The molecule has 0 radical (unpaired) electrons. The summed E-state index contributed by atoms with van der Waals surface area (Å²) in [5, 5.41) is 0. The van der Waals surface area contributed by atoms with Gasteiger partial charge in [0.1, 0.15) is 0 Å². The van der Waals surface area contributed by atoms with Gasteiger partial charge in [0.15, 0.2) is 0 Å². The van der Waals surface area contributed by atoms with Crippen LogP contribution in [0.5, 0.6) is 0 Å². The van der Waals surface area contributed by atoms with Crippen molar-refractivity contribution in [1.29, 1.82) is 0 Å². The Balaban J connectivity index is 0.000001000. The van der Waals surface area contributed by atoms with Gasteiger partial charge in [-0.15, -0.1) is 36.2 Å². The van der Waals surface area contributed by atoms with E-state index in [2.05, 4.69) is 4.98 Å². The molecule has 0 aliphatic carbocycles. The van der Waals surface area contributed by atoms with Gasteiger partial charge in [-0.1, -0.05) is 0 Å². The fourth-order valence-corrected chi connectivity index (χ4v) is 3.08. The van der Waals surface area contributed by atoms with E-state index in [4.69, 9.17) is 5.73 Å². The maximum atomic E-state index is 12.4. The van der Waals surface area contributed by atoms with Crippen molar-refractivity contribution in [2.24, 2.45) is 5.73 Å². The zero-order chi connectivity index (χ0) is 12.5. The lowest BCUT2D eigenvalue weighted by Gasteiger charge is -2.30. The number of fused-ring (bicyclic) bond motifs is 1. The number of hydrogen-bond acceptors (Lipinski definition) is 4. The molecule has 1 saturated heterocycles. The van der Waals surface area contributed by atoms with Crippen molar-refractivity contribution in [2.45, 2.75) is 18.9 Å². The number of piperidine rings is 1. The van der Waals surface area contributed by atoms with Gasteiger partial charge in [-0.05, 0) is 31.0 Å². The first kappa shape index (κ1) is 17.2. The van der Waals surface area contributed by atoms with Crippen LogP contribution >= 0.6 is 36.2 Å². The summed E-state index contributed by atoms with van der Waals surface area (Å²) in [4.78, 5) is 18.4. The fraction of sp³-hybridized carbons (Fsp3) is 0.385. The van der Waals surface area contributed by atoms with Gasteiger partial charge in [-0.2, -0.15) is 0 Å². The lowest BCUT2D eigenvalue weighted by molar-refractivity contribution is 0.0709. The standard InChI is InChI=1S/C13H15N3OS.2ClH/c14-10-2-1-5-16(7-10)13(17)9-3-4-11-12(6-9)18-8-15-11;;/h3-4,6,8,10H,1-2,5,7,14H2;2*1H. The summed E-state index contributed by atoms with van der Waals surface area (Å²) in [6.07, 6.45) is 2.01. The second-order valence-electron chi connectivity index (χ2n) is 4.69. The molecule has 1 aromatic heterocycles. The quantitative estimate of drug-likeness (QED) is 0.872. The van der Waals surface area contributed by atoms with Crippen molar-refractivity contribution < 1.29 is 4.79 Å². The molecule has 3 rings (SSSR count). The maximum absolute atomic E-state index is 12.4. The largest absolute Gasteiger partial charge is 0.337 e. The number of hydrogen-bond donors (Lipinski definition) is 1. The van der Waals surface area contributed by atoms with E-state index in [0.717, 1.165) is 35.2 Å². The molecule has 1 aliphatic rings. The Bertz CT molecular complexity index is 590. The van der Waals surface area contributed by atoms with Gasteiger partial charge >= 0.3 is 0 Å². The first-order chi connectivity index (χ1) is 8.74. The van der Waals surface area contributed by atoms with E-state index in [1.165, 1.54) is 0 Å². The normalized spacial score (nSPS) is 18.2. The molecule has 2 heterocycles. The van der Waals surface area contributed by atoms with Crippen LogP contribution in [0.1, 0.15) is 23.2 Å². The SMILES string of the molecule is Cl.Cl.NC1CCCN(C(=O)c2ccc3ncsc3c2)C1. The number of halogens is 2. The van der Waals surface area contributed by atoms with Crippen LogP contribution in [0.2, 0.25) is 0 Å². The lowest BCUT2D eigenvalue weighted by atomic mass is 10.1. The summed E-state index contributed by atoms with van der Waals surface area (Å²) >= 11 is 1.56. The molecule has 2 N–H and O–H groups in total. The van der Waals surface area contributed by atoms with Gasteiger partial charge in [0.25, 0.3) is 5.91 Å². The first-order valence-electron chi connectivity index (χ1n) is 6.12. The van der Waals surface area contributed by atoms with Crippen LogP contribution in [-0.4, -0.2) is 34.9 Å². The van der Waals surface area contributed by atoms with Gasteiger partial charge in [0.2, 0.25) is 0 Å². The topological polar surface area (TPSA) is 59.2 Å². The Morgan fingerprint density at radius 2 is 2.20 bits per heavy atom. The van der Waals surface area contributed by atoms with Crippen molar-refractivity contribution in [1.82, 2.24) is 9.88 Å². The number of thiazole rings is 1. The number of nitrogens with zero attached hydrogens (tertiary/aromatic N) is 2. The molecule has 7 heteroatoms. The van der Waals surface area contributed by atoms with Crippen molar-refractivity contribution >= 4 is 52.3 Å². The second kappa shape index (κ2) is 7.22. The summed E-state index contributed by atoms with van der Waals surface area (Å²) < 4.78 is 1.06. The van der Waals surface area contributed by atoms with Crippen molar-refractivity contribution in [3.8, 4) is 0 Å². The summed E-state index contributed by atoms with van der Waals surface area (Å²) in [5.74, 6) is 0.0838. The smallest absolute Gasteiger partial charge is 0.253 e. The minimum absolute atomic E-state index is 0. The third-order valence-corrected chi connectivity index (χ3v) is 4.12. The number of benzene rings is 1. The third-order valence-electron chi connectivity index (χ3n) is 3.32. The zero-order valence-electron chi connectivity index (χ0n) is 10.8. The molecular formula is C13H17Cl2N3OS. The fourth-order valence-electron chi connectivity index (χ4n) is 2.37. The maximum Gasteiger partial charge on any atom is 0.253 e. The molecule has 1 fully saturated rings. The number of carbonyl (C=O) groups is 1. The molecule has 2 aromatic rings. The number of carbonyl (C=O) groups excluding carboxylic acids is 1. The minimum atomic E-state index is 0. The Labute approximate surface area is 134 Å². The summed E-state index contributed by atoms with van der Waals surface area (Å²) in [7, 11) is 0. The highest BCUT2D eigenvalue weighted by molar-refractivity contribution is 7.16. The van der Waals surface area contributed by atoms with Gasteiger partial charge in [-0.25, -0.2) is 4.98 Å². The summed E-state index contributed by atoms with van der Waals surface area (Å²) in [6.45, 7) is 1.48. The van der Waals surface area contributed by atoms with E-state index in [1.807, 2.05) is 23.1 Å². The van der Waals surface area contributed by atoms with Crippen LogP contribution in [0, 0.1) is 0 Å². The van der Waals surface area contributed by atoms with Crippen LogP contribution in [0.15, 0.2) is 23.7 Å². The Morgan fingerprint density at radius 1 is 1.40 bits per heavy atom. The summed E-state index contributed by atoms with van der Waals surface area (Å²) in [6, 6.07) is 5.80. The van der Waals surface area contributed by atoms with Crippen LogP contribution < -0.4 is 5.73 Å². The van der Waals surface area contributed by atoms with Crippen LogP contribution in [-0.2, 0) is 0 Å². The first-order valence-corrected chi connectivity index (χ1v) is 7.00. The van der Waals surface area contributed by atoms with Gasteiger partial charge < -0.3 is 10.6 Å². The van der Waals surface area contributed by atoms with E-state index in [9.17, 15) is 4.79 Å². The van der Waals surface area contributed by atoms with Crippen molar-refractivity contribution in [3.05, 3.63) is 29.3 Å². The average Bonchev–Trinajstić information content (AvgIpc) is 2.85. The molecule has 20 heavy (non-hydrogen) atoms. The van der Waals surface area contributed by atoms with Gasteiger partial charge in [0.05, 0.1) is 15.7 Å². The average molecular weight is 334 g/mol. The second-order valence-corrected chi connectivity index (χ2v) is 5.57. The number of aromatic nitrogens is 1. The van der Waals surface area contributed by atoms with Crippen LogP contribution in [0.3, 0.4) is 0 Å². The van der Waals surface area contributed by atoms with Crippen molar-refractivity contribution in [3.63, 3.8) is 0 Å². The molecule has 0 spiro atoms. The number of amides is 1. The Morgan fingerprint density at radius 3 is 2.95 bits per heavy atom. The molecule has 1 aromatic carbocycles. The van der Waals surface area contributed by atoms with E-state index in [-0.39, 0.29) is 36.8 Å². The molecule has 110 valence electrons. The van der Waals surface area contributed by atoms with E-state index in [1.54, 1.807) is 16.8 Å². The zero-order valence-corrected chi connectivity index (χ0v) is 13.3. The summed E-state index contributed by atoms with van der Waals surface area (Å²) in [5.41, 5.74) is 9.40. The predicted octanol–water partition coefficient (Wildman–Crippen LogP) is 2.70. The monoisotopic (exact) mass is 333 g/mol.